The number of anilines is 2. The molecular formula is C27H27N5O3S2. The maximum absolute atomic E-state index is 12.9. The summed E-state index contributed by atoms with van der Waals surface area (Å²) < 4.78 is 6.92. The summed E-state index contributed by atoms with van der Waals surface area (Å²) in [5.41, 5.74) is 3.90. The van der Waals surface area contributed by atoms with Crippen LogP contribution < -0.4 is 10.2 Å². The van der Waals surface area contributed by atoms with E-state index in [0.717, 1.165) is 22.4 Å². The van der Waals surface area contributed by atoms with Gasteiger partial charge in [0.05, 0.1) is 12.9 Å². The molecule has 37 heavy (non-hydrogen) atoms. The maximum Gasteiger partial charge on any atom is 0.341 e. The summed E-state index contributed by atoms with van der Waals surface area (Å²) in [5, 5.41) is 14.5. The van der Waals surface area contributed by atoms with Crippen LogP contribution in [0.4, 0.5) is 10.7 Å². The molecule has 2 heterocycles. The Labute approximate surface area is 224 Å². The van der Waals surface area contributed by atoms with E-state index in [1.54, 1.807) is 6.08 Å². The summed E-state index contributed by atoms with van der Waals surface area (Å²) in [4.78, 5) is 27.5. The smallest absolute Gasteiger partial charge is 0.341 e. The lowest BCUT2D eigenvalue weighted by atomic mass is 10.0. The summed E-state index contributed by atoms with van der Waals surface area (Å²) in [5.74, 6) is 0.0242. The molecule has 4 rings (SSSR count). The van der Waals surface area contributed by atoms with Gasteiger partial charge in [0.25, 0.3) is 0 Å². The molecule has 0 unspecified atom stereocenters. The van der Waals surface area contributed by atoms with Gasteiger partial charge in [0, 0.05) is 42.8 Å². The van der Waals surface area contributed by atoms with Crippen molar-refractivity contribution >= 4 is 45.7 Å². The topological polar surface area (TPSA) is 89.3 Å². The average Bonchev–Trinajstić information content (AvgIpc) is 3.52. The van der Waals surface area contributed by atoms with Crippen LogP contribution in [0.1, 0.15) is 10.4 Å². The van der Waals surface area contributed by atoms with E-state index in [0.29, 0.717) is 28.1 Å². The second-order valence-electron chi connectivity index (χ2n) is 8.20. The number of methoxy groups -OCH3 is 1. The van der Waals surface area contributed by atoms with E-state index in [4.69, 9.17) is 4.74 Å². The van der Waals surface area contributed by atoms with E-state index in [1.165, 1.54) is 30.2 Å². The first-order valence-electron chi connectivity index (χ1n) is 11.4. The fraction of sp³-hybridized carbons (Fsp3) is 0.185. The van der Waals surface area contributed by atoms with Gasteiger partial charge < -0.3 is 15.0 Å². The number of ether oxygens (including phenoxy) is 1. The SMILES string of the molecule is C=CCn1c(SCC(=O)Nc2scc(-c3ccccc3)c2C(=O)OC)nnc1-c1cccc(N(C)C)c1. The normalized spacial score (nSPS) is 10.7. The molecule has 0 bridgehead atoms. The Bertz CT molecular complexity index is 1410. The van der Waals surface area contributed by atoms with E-state index in [9.17, 15) is 9.59 Å². The molecule has 2 aromatic carbocycles. The number of aromatic nitrogens is 3. The van der Waals surface area contributed by atoms with Crippen LogP contribution in [0, 0.1) is 0 Å². The van der Waals surface area contributed by atoms with Gasteiger partial charge in [-0.25, -0.2) is 4.79 Å². The Balaban J connectivity index is 1.52. The van der Waals surface area contributed by atoms with Gasteiger partial charge in [-0.15, -0.1) is 28.1 Å². The van der Waals surface area contributed by atoms with Gasteiger partial charge in [-0.1, -0.05) is 60.3 Å². The fourth-order valence-corrected chi connectivity index (χ4v) is 5.42. The molecule has 0 fully saturated rings. The van der Waals surface area contributed by atoms with Crippen LogP contribution in [0.5, 0.6) is 0 Å². The van der Waals surface area contributed by atoms with Crippen LogP contribution in [-0.2, 0) is 16.1 Å². The molecule has 2 aromatic heterocycles. The number of thioether (sulfide) groups is 1. The lowest BCUT2D eigenvalue weighted by Crippen LogP contribution is -2.16. The molecule has 1 amide bonds. The number of thiophene rings is 1. The largest absolute Gasteiger partial charge is 0.465 e. The van der Waals surface area contributed by atoms with Gasteiger partial charge in [0.15, 0.2) is 11.0 Å². The number of amides is 1. The summed E-state index contributed by atoms with van der Waals surface area (Å²) in [6.45, 7) is 4.35. The molecule has 0 spiro atoms. The number of allylic oxidation sites excluding steroid dienone is 1. The zero-order chi connectivity index (χ0) is 26.4. The number of benzene rings is 2. The van der Waals surface area contributed by atoms with E-state index < -0.39 is 5.97 Å². The number of carbonyl (C=O) groups is 2. The highest BCUT2D eigenvalue weighted by Gasteiger charge is 2.23. The molecule has 8 nitrogen and oxygen atoms in total. The molecular weight excluding hydrogens is 506 g/mol. The summed E-state index contributed by atoms with van der Waals surface area (Å²) in [6, 6.07) is 17.5. The number of hydrogen-bond donors (Lipinski definition) is 1. The molecule has 0 aliphatic heterocycles. The zero-order valence-corrected chi connectivity index (χ0v) is 22.4. The molecule has 190 valence electrons. The minimum atomic E-state index is -0.502. The van der Waals surface area contributed by atoms with Crippen LogP contribution in [0.15, 0.2) is 77.8 Å². The van der Waals surface area contributed by atoms with Crippen molar-refractivity contribution in [2.75, 3.05) is 37.2 Å². The second-order valence-corrected chi connectivity index (χ2v) is 10.0. The Kier molecular flexibility index (Phi) is 8.42. The predicted molar refractivity (Wildman–Crippen MR) is 150 cm³/mol. The zero-order valence-electron chi connectivity index (χ0n) is 20.8. The molecule has 0 aliphatic rings. The van der Waals surface area contributed by atoms with Crippen LogP contribution >= 0.6 is 23.1 Å². The highest BCUT2D eigenvalue weighted by Crippen LogP contribution is 2.36. The third-order valence-corrected chi connectivity index (χ3v) is 7.36. The highest BCUT2D eigenvalue weighted by molar-refractivity contribution is 7.99. The van der Waals surface area contributed by atoms with Crippen molar-refractivity contribution in [3.8, 4) is 22.5 Å². The van der Waals surface area contributed by atoms with E-state index in [2.05, 4.69) is 22.1 Å². The lowest BCUT2D eigenvalue weighted by Gasteiger charge is -2.14. The monoisotopic (exact) mass is 533 g/mol. The van der Waals surface area contributed by atoms with Gasteiger partial charge in [-0.3, -0.25) is 9.36 Å². The molecule has 10 heteroatoms. The van der Waals surface area contributed by atoms with E-state index >= 15 is 0 Å². The molecule has 0 atom stereocenters. The molecule has 4 aromatic rings. The number of rotatable bonds is 10. The van der Waals surface area contributed by atoms with E-state index in [-0.39, 0.29) is 11.7 Å². The van der Waals surface area contributed by atoms with Crippen LogP contribution in [-0.4, -0.2) is 53.6 Å². The van der Waals surface area contributed by atoms with Crippen LogP contribution in [0.25, 0.3) is 22.5 Å². The predicted octanol–water partition coefficient (Wildman–Crippen LogP) is 5.44. The van der Waals surface area contributed by atoms with Crippen molar-refractivity contribution < 1.29 is 14.3 Å². The average molecular weight is 534 g/mol. The quantitative estimate of drug-likeness (QED) is 0.165. The van der Waals surface area contributed by atoms with Crippen molar-refractivity contribution in [3.63, 3.8) is 0 Å². The van der Waals surface area contributed by atoms with Crippen molar-refractivity contribution in [1.82, 2.24) is 14.8 Å². The number of nitrogens with zero attached hydrogens (tertiary/aromatic N) is 4. The number of nitrogens with one attached hydrogen (secondary N) is 1. The first kappa shape index (κ1) is 26.2. The summed E-state index contributed by atoms with van der Waals surface area (Å²) >= 11 is 2.56. The van der Waals surface area contributed by atoms with E-state index in [1.807, 2.05) is 83.5 Å². The Morgan fingerprint density at radius 3 is 2.59 bits per heavy atom. The summed E-state index contributed by atoms with van der Waals surface area (Å²) in [7, 11) is 5.29. The van der Waals surface area contributed by atoms with Gasteiger partial charge in [0.2, 0.25) is 5.91 Å². The molecule has 1 N–H and O–H groups in total. The Morgan fingerprint density at radius 1 is 1.14 bits per heavy atom. The van der Waals surface area contributed by atoms with Crippen LogP contribution in [0.3, 0.4) is 0 Å². The van der Waals surface area contributed by atoms with Crippen molar-refractivity contribution in [2.45, 2.75) is 11.7 Å². The van der Waals surface area contributed by atoms with Crippen LogP contribution in [0.2, 0.25) is 0 Å². The maximum atomic E-state index is 12.9. The summed E-state index contributed by atoms with van der Waals surface area (Å²) in [6.07, 6.45) is 1.77. The van der Waals surface area contributed by atoms with Crippen molar-refractivity contribution in [1.29, 1.82) is 0 Å². The van der Waals surface area contributed by atoms with Crippen molar-refractivity contribution in [2.24, 2.45) is 0 Å². The molecule has 0 radical (unpaired) electrons. The first-order valence-corrected chi connectivity index (χ1v) is 13.3. The number of esters is 1. The minimum Gasteiger partial charge on any atom is -0.465 e. The highest BCUT2D eigenvalue weighted by atomic mass is 32.2. The molecule has 0 saturated carbocycles. The third kappa shape index (κ3) is 5.92. The number of hydrogen-bond acceptors (Lipinski definition) is 8. The molecule has 0 aliphatic carbocycles. The minimum absolute atomic E-state index is 0.0895. The fourth-order valence-electron chi connectivity index (χ4n) is 3.70. The van der Waals surface area contributed by atoms with Gasteiger partial charge in [-0.2, -0.15) is 0 Å². The van der Waals surface area contributed by atoms with Gasteiger partial charge in [0.1, 0.15) is 10.6 Å². The standard InChI is InChI=1S/C27H27N5O3S2/c1-5-14-32-24(19-12-9-13-20(15-19)31(2)3)29-30-27(32)37-17-22(33)28-25-23(26(34)35-4)21(16-36-25)18-10-7-6-8-11-18/h5-13,15-16H,1,14,17H2,2-4H3,(H,28,33). The Morgan fingerprint density at radius 2 is 1.89 bits per heavy atom. The Hall–Kier alpha value is -3.89. The third-order valence-electron chi connectivity index (χ3n) is 5.50. The van der Waals surface area contributed by atoms with Crippen molar-refractivity contribution in [3.05, 3.63) is 78.2 Å². The lowest BCUT2D eigenvalue weighted by molar-refractivity contribution is -0.113. The van der Waals surface area contributed by atoms with Gasteiger partial charge >= 0.3 is 5.97 Å². The first-order chi connectivity index (χ1) is 17.9. The molecule has 0 saturated heterocycles. The van der Waals surface area contributed by atoms with Gasteiger partial charge in [-0.05, 0) is 17.7 Å². The number of carbonyl (C=O) groups excluding carboxylic acids is 2. The second kappa shape index (κ2) is 11.9.